The lowest BCUT2D eigenvalue weighted by molar-refractivity contribution is -0.154. The Bertz CT molecular complexity index is 328. The zero-order valence-electron chi connectivity index (χ0n) is 12.9. The van der Waals surface area contributed by atoms with Gasteiger partial charge in [-0.05, 0) is 26.3 Å². The van der Waals surface area contributed by atoms with Gasteiger partial charge in [-0.3, -0.25) is 9.59 Å². The highest BCUT2D eigenvalue weighted by Gasteiger charge is 2.50. The highest BCUT2D eigenvalue weighted by Crippen LogP contribution is 2.38. The summed E-state index contributed by atoms with van der Waals surface area (Å²) in [6, 6.07) is 1.17. The molecule has 0 amide bonds. The van der Waals surface area contributed by atoms with Crippen molar-refractivity contribution in [1.82, 2.24) is 0 Å². The second-order valence-electron chi connectivity index (χ2n) is 5.99. The van der Waals surface area contributed by atoms with Gasteiger partial charge in [0, 0.05) is 7.11 Å². The predicted octanol–water partition coefficient (Wildman–Crippen LogP) is 3.13. The number of carbonyl (C=O) groups excluding carboxylic acids is 2. The van der Waals surface area contributed by atoms with Crippen molar-refractivity contribution in [2.45, 2.75) is 64.8 Å². The Balaban J connectivity index is 2.07. The number of ether oxygens (including phenoxy) is 1. The normalized spacial score (nSPS) is 21.2. The Hall–Kier alpha value is -0.683. The number of esters is 2. The lowest BCUT2D eigenvalue weighted by atomic mass is 9.78. The van der Waals surface area contributed by atoms with Crippen molar-refractivity contribution >= 4 is 21.7 Å². The minimum atomic E-state index is -0.641. The standard InChI is InChI=1S/C15H26O4Si/c1-15(2)12(13(16)19-14(15)17)10-8-6-4-5-7-9-11-20-18-3/h12H,4-11H2,1-3H3. The summed E-state index contributed by atoms with van der Waals surface area (Å²) in [7, 11) is 2.38. The fourth-order valence-corrected chi connectivity index (χ4v) is 3.16. The number of cyclic esters (lactones) is 2. The van der Waals surface area contributed by atoms with Crippen molar-refractivity contribution < 1.29 is 18.8 Å². The molecular formula is C15H26O4Si. The first-order valence-corrected chi connectivity index (χ1v) is 8.63. The van der Waals surface area contributed by atoms with Gasteiger partial charge in [0.25, 0.3) is 0 Å². The number of carbonyl (C=O) groups is 2. The summed E-state index contributed by atoms with van der Waals surface area (Å²) in [4.78, 5) is 23.1. The van der Waals surface area contributed by atoms with E-state index >= 15 is 0 Å². The van der Waals surface area contributed by atoms with E-state index in [1.54, 1.807) is 7.11 Å². The molecule has 0 spiro atoms. The van der Waals surface area contributed by atoms with Crippen molar-refractivity contribution in [2.24, 2.45) is 11.3 Å². The van der Waals surface area contributed by atoms with E-state index in [9.17, 15) is 9.59 Å². The molecule has 1 saturated heterocycles. The molecule has 1 fully saturated rings. The van der Waals surface area contributed by atoms with Crippen molar-refractivity contribution in [2.75, 3.05) is 7.11 Å². The minimum Gasteiger partial charge on any atom is -0.421 e. The quantitative estimate of drug-likeness (QED) is 0.269. The Morgan fingerprint density at radius 3 is 2.25 bits per heavy atom. The van der Waals surface area contributed by atoms with Crippen LogP contribution in [0.2, 0.25) is 6.04 Å². The minimum absolute atomic E-state index is 0.252. The number of hydrogen-bond donors (Lipinski definition) is 0. The van der Waals surface area contributed by atoms with Gasteiger partial charge in [0.15, 0.2) is 0 Å². The molecule has 2 radical (unpaired) electrons. The first-order chi connectivity index (χ1) is 9.50. The molecule has 20 heavy (non-hydrogen) atoms. The second kappa shape index (κ2) is 8.57. The molecule has 1 rings (SSSR count). The molecule has 0 aromatic rings. The van der Waals surface area contributed by atoms with Gasteiger partial charge in [0.1, 0.15) is 0 Å². The molecule has 0 aliphatic carbocycles. The largest absolute Gasteiger partial charge is 0.421 e. The van der Waals surface area contributed by atoms with Crippen LogP contribution in [0.4, 0.5) is 0 Å². The number of hydrogen-bond acceptors (Lipinski definition) is 4. The zero-order chi connectivity index (χ0) is 15.0. The van der Waals surface area contributed by atoms with Crippen LogP contribution in [0.3, 0.4) is 0 Å². The molecule has 1 heterocycles. The van der Waals surface area contributed by atoms with E-state index in [0.29, 0.717) is 9.76 Å². The molecule has 114 valence electrons. The fourth-order valence-electron chi connectivity index (χ4n) is 2.56. The first-order valence-electron chi connectivity index (χ1n) is 7.52. The lowest BCUT2D eigenvalue weighted by Gasteiger charge is -2.19. The smallest absolute Gasteiger partial charge is 0.320 e. The lowest BCUT2D eigenvalue weighted by Crippen LogP contribution is -2.27. The van der Waals surface area contributed by atoms with Crippen LogP contribution < -0.4 is 0 Å². The van der Waals surface area contributed by atoms with E-state index in [0.717, 1.165) is 19.3 Å². The van der Waals surface area contributed by atoms with E-state index in [-0.39, 0.29) is 17.9 Å². The Morgan fingerprint density at radius 1 is 1.10 bits per heavy atom. The van der Waals surface area contributed by atoms with Crippen LogP contribution in [0.25, 0.3) is 0 Å². The van der Waals surface area contributed by atoms with E-state index in [4.69, 9.17) is 9.16 Å². The SMILES string of the molecule is CO[Si]CCCCCCCCC1C(=O)OC(=O)C1(C)C. The summed E-state index contributed by atoms with van der Waals surface area (Å²) >= 11 is 0. The molecule has 1 atom stereocenters. The maximum Gasteiger partial charge on any atom is 0.320 e. The van der Waals surface area contributed by atoms with Crippen LogP contribution in [0.5, 0.6) is 0 Å². The van der Waals surface area contributed by atoms with Gasteiger partial charge in [-0.15, -0.1) is 0 Å². The number of rotatable bonds is 10. The van der Waals surface area contributed by atoms with E-state index in [1.807, 2.05) is 13.8 Å². The third-order valence-corrected chi connectivity index (χ3v) is 4.89. The molecule has 0 N–H and O–H groups in total. The zero-order valence-corrected chi connectivity index (χ0v) is 13.9. The second-order valence-corrected chi connectivity index (χ2v) is 7.19. The highest BCUT2D eigenvalue weighted by molar-refractivity contribution is 6.26. The molecule has 0 saturated carbocycles. The molecule has 4 nitrogen and oxygen atoms in total. The third kappa shape index (κ3) is 5.02. The highest BCUT2D eigenvalue weighted by atomic mass is 28.2. The molecule has 1 aliphatic rings. The predicted molar refractivity (Wildman–Crippen MR) is 78.3 cm³/mol. The summed E-state index contributed by atoms with van der Waals surface area (Å²) in [5, 5.41) is 0. The Kier molecular flexibility index (Phi) is 7.44. The van der Waals surface area contributed by atoms with E-state index in [1.165, 1.54) is 31.7 Å². The topological polar surface area (TPSA) is 52.6 Å². The van der Waals surface area contributed by atoms with Crippen molar-refractivity contribution in [3.8, 4) is 0 Å². The van der Waals surface area contributed by atoms with Crippen LogP contribution in [0.1, 0.15) is 58.8 Å². The molecule has 0 bridgehead atoms. The van der Waals surface area contributed by atoms with Crippen LogP contribution in [-0.2, 0) is 18.8 Å². The summed E-state index contributed by atoms with van der Waals surface area (Å²) in [5.41, 5.74) is -0.641. The molecule has 1 aliphatic heterocycles. The third-order valence-electron chi connectivity index (χ3n) is 4.04. The van der Waals surface area contributed by atoms with Crippen molar-refractivity contribution in [3.63, 3.8) is 0 Å². The van der Waals surface area contributed by atoms with E-state index in [2.05, 4.69) is 0 Å². The van der Waals surface area contributed by atoms with Crippen LogP contribution in [0, 0.1) is 11.3 Å². The average molecular weight is 298 g/mol. The van der Waals surface area contributed by atoms with Gasteiger partial charge in [0.05, 0.1) is 11.3 Å². The summed E-state index contributed by atoms with van der Waals surface area (Å²) in [6.45, 7) is 3.61. The maximum atomic E-state index is 11.6. The van der Waals surface area contributed by atoms with Gasteiger partial charge in [-0.25, -0.2) is 0 Å². The van der Waals surface area contributed by atoms with Gasteiger partial charge in [-0.2, -0.15) is 0 Å². The Morgan fingerprint density at radius 2 is 1.70 bits per heavy atom. The maximum absolute atomic E-state index is 11.6. The monoisotopic (exact) mass is 298 g/mol. The molecule has 0 aromatic carbocycles. The van der Waals surface area contributed by atoms with Gasteiger partial charge in [0.2, 0.25) is 9.76 Å². The molecular weight excluding hydrogens is 272 g/mol. The van der Waals surface area contributed by atoms with Crippen LogP contribution in [0.15, 0.2) is 0 Å². The average Bonchev–Trinajstić information content (AvgIpc) is 2.58. The first kappa shape index (κ1) is 17.4. The van der Waals surface area contributed by atoms with Gasteiger partial charge < -0.3 is 9.16 Å². The summed E-state index contributed by atoms with van der Waals surface area (Å²) < 4.78 is 9.77. The summed E-state index contributed by atoms with van der Waals surface area (Å²) in [6.07, 6.45) is 7.83. The van der Waals surface area contributed by atoms with Crippen molar-refractivity contribution in [1.29, 1.82) is 0 Å². The Labute approximate surface area is 124 Å². The van der Waals surface area contributed by atoms with Gasteiger partial charge in [-0.1, -0.05) is 38.5 Å². The van der Waals surface area contributed by atoms with Crippen LogP contribution in [-0.4, -0.2) is 28.8 Å². The molecule has 5 heteroatoms. The summed E-state index contributed by atoms with van der Waals surface area (Å²) in [5.74, 6) is -0.954. The molecule has 1 unspecified atom stereocenters. The fraction of sp³-hybridized carbons (Fsp3) is 0.867. The van der Waals surface area contributed by atoms with Crippen LogP contribution >= 0.6 is 0 Å². The molecule has 0 aromatic heterocycles. The van der Waals surface area contributed by atoms with E-state index < -0.39 is 5.41 Å². The number of unbranched alkanes of at least 4 members (excludes halogenated alkanes) is 5. The van der Waals surface area contributed by atoms with Crippen molar-refractivity contribution in [3.05, 3.63) is 0 Å². The van der Waals surface area contributed by atoms with Gasteiger partial charge >= 0.3 is 11.9 Å².